The second kappa shape index (κ2) is 6.41. The van der Waals surface area contributed by atoms with Gasteiger partial charge in [0.05, 0.1) is 0 Å². The fourth-order valence-electron chi connectivity index (χ4n) is 2.39. The molecule has 1 fully saturated rings. The third-order valence-electron chi connectivity index (χ3n) is 3.88. The quantitative estimate of drug-likeness (QED) is 0.926. The highest BCUT2D eigenvalue weighted by Gasteiger charge is 2.23. The molecule has 1 unspecified atom stereocenters. The first-order valence-electron chi connectivity index (χ1n) is 7.76. The van der Waals surface area contributed by atoms with Crippen LogP contribution in [0, 0.1) is 0 Å². The molecule has 1 aromatic heterocycles. The third kappa shape index (κ3) is 3.93. The lowest BCUT2D eigenvalue weighted by atomic mass is 10.0. The molecular weight excluding hydrogens is 264 g/mol. The predicted octanol–water partition coefficient (Wildman–Crippen LogP) is 2.76. The number of hydrogen-bond acceptors (Lipinski definition) is 4. The van der Waals surface area contributed by atoms with Crippen LogP contribution in [-0.4, -0.2) is 40.4 Å². The molecule has 0 aliphatic carbocycles. The van der Waals surface area contributed by atoms with Gasteiger partial charge in [-0.05, 0) is 12.3 Å². The van der Waals surface area contributed by atoms with E-state index in [0.717, 1.165) is 30.3 Å². The maximum Gasteiger partial charge on any atom is 0.224 e. The number of nitrogens with zero attached hydrogens (tertiary/aromatic N) is 3. The van der Waals surface area contributed by atoms with Gasteiger partial charge in [-0.15, -0.1) is 0 Å². The molecule has 1 amide bonds. The number of likely N-dealkylation sites (tertiary alicyclic amines) is 1. The van der Waals surface area contributed by atoms with Gasteiger partial charge in [-0.25, -0.2) is 9.97 Å². The molecule has 2 rings (SSSR count). The Morgan fingerprint density at radius 2 is 1.95 bits per heavy atom. The van der Waals surface area contributed by atoms with E-state index >= 15 is 0 Å². The first-order chi connectivity index (χ1) is 9.86. The van der Waals surface area contributed by atoms with Crippen molar-refractivity contribution in [2.75, 3.05) is 18.9 Å². The lowest BCUT2D eigenvalue weighted by molar-refractivity contribution is -0.132. The summed E-state index contributed by atoms with van der Waals surface area (Å²) in [7, 11) is 1.86. The molecule has 0 spiro atoms. The number of rotatable bonds is 4. The Hall–Kier alpha value is -1.65. The Labute approximate surface area is 127 Å². The van der Waals surface area contributed by atoms with Gasteiger partial charge in [0.15, 0.2) is 0 Å². The molecule has 5 heteroatoms. The van der Waals surface area contributed by atoms with Crippen molar-refractivity contribution in [2.45, 2.75) is 58.4 Å². The Bertz CT molecular complexity index is 487. The molecule has 116 valence electrons. The Kier molecular flexibility index (Phi) is 4.80. The average Bonchev–Trinajstić information content (AvgIpc) is 2.42. The zero-order chi connectivity index (χ0) is 15.6. The van der Waals surface area contributed by atoms with Crippen molar-refractivity contribution in [1.29, 1.82) is 0 Å². The van der Waals surface area contributed by atoms with Crippen LogP contribution in [0.15, 0.2) is 6.07 Å². The van der Waals surface area contributed by atoms with Crippen LogP contribution in [0.5, 0.6) is 0 Å². The van der Waals surface area contributed by atoms with Gasteiger partial charge < -0.3 is 10.2 Å². The average molecular weight is 290 g/mol. The summed E-state index contributed by atoms with van der Waals surface area (Å²) in [5.74, 6) is 2.57. The number of aromatic nitrogens is 2. The molecule has 21 heavy (non-hydrogen) atoms. The summed E-state index contributed by atoms with van der Waals surface area (Å²) in [6.07, 6.45) is 1.49. The van der Waals surface area contributed by atoms with Gasteiger partial charge in [0.25, 0.3) is 0 Å². The highest BCUT2D eigenvalue weighted by molar-refractivity contribution is 5.77. The van der Waals surface area contributed by atoms with E-state index in [-0.39, 0.29) is 11.9 Å². The Morgan fingerprint density at radius 1 is 1.24 bits per heavy atom. The second-order valence-corrected chi connectivity index (χ2v) is 6.50. The van der Waals surface area contributed by atoms with Crippen LogP contribution in [0.3, 0.4) is 0 Å². The van der Waals surface area contributed by atoms with Crippen molar-refractivity contribution in [3.63, 3.8) is 0 Å². The van der Waals surface area contributed by atoms with Crippen molar-refractivity contribution in [3.8, 4) is 0 Å². The molecule has 1 N–H and O–H groups in total. The first kappa shape index (κ1) is 15.7. The zero-order valence-corrected chi connectivity index (χ0v) is 13.7. The van der Waals surface area contributed by atoms with Crippen molar-refractivity contribution in [3.05, 3.63) is 17.6 Å². The smallest absolute Gasteiger partial charge is 0.224 e. The van der Waals surface area contributed by atoms with Crippen LogP contribution in [-0.2, 0) is 4.79 Å². The lowest BCUT2D eigenvalue weighted by Crippen LogP contribution is -2.41. The Morgan fingerprint density at radius 3 is 2.52 bits per heavy atom. The van der Waals surface area contributed by atoms with Crippen LogP contribution >= 0.6 is 0 Å². The SMILES string of the molecule is CC(C)c1cc(NC2CCN(C)C(=O)C2)nc(C(C)C)n1. The number of nitrogens with one attached hydrogen (secondary N) is 1. The number of carbonyl (C=O) groups is 1. The summed E-state index contributed by atoms with van der Waals surface area (Å²) in [5, 5.41) is 3.42. The first-order valence-corrected chi connectivity index (χ1v) is 7.76. The van der Waals surface area contributed by atoms with Crippen molar-refractivity contribution in [1.82, 2.24) is 14.9 Å². The molecule has 1 saturated heterocycles. The maximum absolute atomic E-state index is 11.8. The maximum atomic E-state index is 11.8. The van der Waals surface area contributed by atoms with E-state index < -0.39 is 0 Å². The van der Waals surface area contributed by atoms with Crippen molar-refractivity contribution < 1.29 is 4.79 Å². The normalized spacial score (nSPS) is 19.5. The number of amides is 1. The van der Waals surface area contributed by atoms with E-state index in [4.69, 9.17) is 0 Å². The third-order valence-corrected chi connectivity index (χ3v) is 3.88. The molecule has 0 aromatic carbocycles. The highest BCUT2D eigenvalue weighted by atomic mass is 16.2. The minimum Gasteiger partial charge on any atom is -0.367 e. The van der Waals surface area contributed by atoms with Crippen molar-refractivity contribution >= 4 is 11.7 Å². The van der Waals surface area contributed by atoms with Gasteiger partial charge in [-0.1, -0.05) is 27.7 Å². The van der Waals surface area contributed by atoms with E-state index in [1.54, 1.807) is 4.90 Å². The van der Waals surface area contributed by atoms with Gasteiger partial charge in [-0.2, -0.15) is 0 Å². The monoisotopic (exact) mass is 290 g/mol. The van der Waals surface area contributed by atoms with Gasteiger partial charge in [0.2, 0.25) is 5.91 Å². The molecule has 2 heterocycles. The fourth-order valence-corrected chi connectivity index (χ4v) is 2.39. The summed E-state index contributed by atoms with van der Waals surface area (Å²) < 4.78 is 0. The summed E-state index contributed by atoms with van der Waals surface area (Å²) in [4.78, 5) is 22.8. The molecule has 1 atom stereocenters. The number of anilines is 1. The molecule has 0 bridgehead atoms. The second-order valence-electron chi connectivity index (χ2n) is 6.50. The van der Waals surface area contributed by atoms with Gasteiger partial charge >= 0.3 is 0 Å². The minimum atomic E-state index is 0.170. The lowest BCUT2D eigenvalue weighted by Gasteiger charge is -2.29. The largest absolute Gasteiger partial charge is 0.367 e. The summed E-state index contributed by atoms with van der Waals surface area (Å²) in [6, 6.07) is 2.18. The van der Waals surface area contributed by atoms with E-state index in [1.165, 1.54) is 0 Å². The van der Waals surface area contributed by atoms with Crippen LogP contribution in [0.1, 0.15) is 63.9 Å². The standard InChI is InChI=1S/C16H26N4O/c1-10(2)13-9-14(19-16(18-13)11(3)4)17-12-6-7-20(5)15(21)8-12/h9-12H,6-8H2,1-5H3,(H,17,18,19). The molecule has 0 saturated carbocycles. The zero-order valence-electron chi connectivity index (χ0n) is 13.7. The summed E-state index contributed by atoms with van der Waals surface area (Å²) >= 11 is 0. The number of piperidine rings is 1. The molecular formula is C16H26N4O. The molecule has 1 aliphatic heterocycles. The van der Waals surface area contributed by atoms with E-state index in [9.17, 15) is 4.79 Å². The molecule has 1 aromatic rings. The number of hydrogen-bond donors (Lipinski definition) is 1. The van der Waals surface area contributed by atoms with Crippen LogP contribution in [0.2, 0.25) is 0 Å². The highest BCUT2D eigenvalue weighted by Crippen LogP contribution is 2.21. The van der Waals surface area contributed by atoms with E-state index in [0.29, 0.717) is 18.3 Å². The van der Waals surface area contributed by atoms with E-state index in [1.807, 2.05) is 13.1 Å². The molecule has 0 radical (unpaired) electrons. The summed E-state index contributed by atoms with van der Waals surface area (Å²) in [5.41, 5.74) is 1.05. The van der Waals surface area contributed by atoms with Gasteiger partial charge in [-0.3, -0.25) is 4.79 Å². The van der Waals surface area contributed by atoms with Crippen LogP contribution in [0.25, 0.3) is 0 Å². The Balaban J connectivity index is 2.17. The topological polar surface area (TPSA) is 58.1 Å². The summed E-state index contributed by atoms with van der Waals surface area (Å²) in [6.45, 7) is 9.27. The van der Waals surface area contributed by atoms with Gasteiger partial charge in [0, 0.05) is 43.7 Å². The number of carbonyl (C=O) groups excluding carboxylic acids is 1. The van der Waals surface area contributed by atoms with Crippen molar-refractivity contribution in [2.24, 2.45) is 0 Å². The van der Waals surface area contributed by atoms with Crippen LogP contribution in [0.4, 0.5) is 5.82 Å². The minimum absolute atomic E-state index is 0.170. The fraction of sp³-hybridized carbons (Fsp3) is 0.688. The predicted molar refractivity (Wildman–Crippen MR) is 84.5 cm³/mol. The van der Waals surface area contributed by atoms with E-state index in [2.05, 4.69) is 43.0 Å². The van der Waals surface area contributed by atoms with Gasteiger partial charge in [0.1, 0.15) is 11.6 Å². The molecule has 1 aliphatic rings. The van der Waals surface area contributed by atoms with Crippen LogP contribution < -0.4 is 5.32 Å². The molecule has 5 nitrogen and oxygen atoms in total.